The fraction of sp³-hybridized carbons (Fsp3) is 0.0667. The molecule has 7 aromatic carbocycles. The topological polar surface area (TPSA) is 6.48 Å². The summed E-state index contributed by atoms with van der Waals surface area (Å²) in [6, 6.07) is 63.3. The van der Waals surface area contributed by atoms with Crippen molar-refractivity contribution in [3.63, 3.8) is 0 Å². The lowest BCUT2D eigenvalue weighted by molar-refractivity contribution is 1.23. The third kappa shape index (κ3) is 6.32. The first-order valence-electron chi connectivity index (χ1n) is 16.2. The van der Waals surface area contributed by atoms with Crippen molar-refractivity contribution in [3.8, 4) is 22.3 Å². The maximum atomic E-state index is 2.41. The van der Waals surface area contributed by atoms with Gasteiger partial charge in [-0.1, -0.05) is 126 Å². The van der Waals surface area contributed by atoms with E-state index in [1.807, 2.05) is 0 Å². The standard InChI is InChI=1S/C45H38N2/c1-33-19-25-40(26-20-33)46(39-17-11-6-12-18-39)43-31-35(3)32-44(45(43)38-15-9-5-10-16-38)47(41-27-21-34(2)22-28-41)42-29-23-37(24-30-42)36-13-7-4-8-14-36/h4-32H,1-3H3. The van der Waals surface area contributed by atoms with Crippen molar-refractivity contribution in [3.05, 3.63) is 193 Å². The van der Waals surface area contributed by atoms with Crippen LogP contribution in [0.2, 0.25) is 0 Å². The Balaban J connectivity index is 1.51. The molecule has 2 nitrogen and oxygen atoms in total. The van der Waals surface area contributed by atoms with Gasteiger partial charge in [-0.05, 0) is 104 Å². The number of benzene rings is 7. The van der Waals surface area contributed by atoms with Gasteiger partial charge in [-0.15, -0.1) is 0 Å². The zero-order valence-corrected chi connectivity index (χ0v) is 27.1. The van der Waals surface area contributed by atoms with Gasteiger partial charge in [-0.2, -0.15) is 0 Å². The molecule has 0 spiro atoms. The zero-order chi connectivity index (χ0) is 32.2. The second-order valence-electron chi connectivity index (χ2n) is 12.1. The van der Waals surface area contributed by atoms with Crippen LogP contribution in [-0.4, -0.2) is 0 Å². The van der Waals surface area contributed by atoms with Gasteiger partial charge in [0.25, 0.3) is 0 Å². The van der Waals surface area contributed by atoms with E-state index in [-0.39, 0.29) is 0 Å². The number of rotatable bonds is 8. The van der Waals surface area contributed by atoms with Crippen LogP contribution in [0, 0.1) is 20.8 Å². The summed E-state index contributed by atoms with van der Waals surface area (Å²) in [5, 5.41) is 0. The second kappa shape index (κ2) is 13.2. The average molecular weight is 607 g/mol. The molecular formula is C45H38N2. The molecular weight excluding hydrogens is 569 g/mol. The summed E-state index contributed by atoms with van der Waals surface area (Å²) in [6.07, 6.45) is 0. The predicted molar refractivity (Wildman–Crippen MR) is 201 cm³/mol. The molecule has 2 heteroatoms. The highest BCUT2D eigenvalue weighted by Crippen LogP contribution is 2.49. The van der Waals surface area contributed by atoms with Crippen molar-refractivity contribution < 1.29 is 0 Å². The summed E-state index contributed by atoms with van der Waals surface area (Å²) < 4.78 is 0. The number of hydrogen-bond acceptors (Lipinski definition) is 2. The molecule has 0 aliphatic carbocycles. The molecule has 0 amide bonds. The van der Waals surface area contributed by atoms with Crippen molar-refractivity contribution in [2.75, 3.05) is 9.80 Å². The lowest BCUT2D eigenvalue weighted by Crippen LogP contribution is -2.16. The van der Waals surface area contributed by atoms with Crippen LogP contribution in [0.3, 0.4) is 0 Å². The Kier molecular flexibility index (Phi) is 8.41. The normalized spacial score (nSPS) is 10.9. The van der Waals surface area contributed by atoms with Gasteiger partial charge >= 0.3 is 0 Å². The summed E-state index contributed by atoms with van der Waals surface area (Å²) in [6.45, 7) is 6.48. The van der Waals surface area contributed by atoms with Crippen LogP contribution >= 0.6 is 0 Å². The number of hydrogen-bond donors (Lipinski definition) is 0. The van der Waals surface area contributed by atoms with E-state index in [0.29, 0.717) is 0 Å². The maximum Gasteiger partial charge on any atom is 0.0563 e. The van der Waals surface area contributed by atoms with Crippen molar-refractivity contribution >= 4 is 34.1 Å². The molecule has 0 saturated heterocycles. The first-order chi connectivity index (χ1) is 23.0. The van der Waals surface area contributed by atoms with Crippen LogP contribution in [0.15, 0.2) is 176 Å². The predicted octanol–water partition coefficient (Wildman–Crippen LogP) is 12.9. The van der Waals surface area contributed by atoms with Crippen molar-refractivity contribution in [1.82, 2.24) is 0 Å². The molecule has 0 aliphatic heterocycles. The van der Waals surface area contributed by atoms with Crippen molar-refractivity contribution in [2.45, 2.75) is 20.8 Å². The van der Waals surface area contributed by atoms with E-state index in [4.69, 9.17) is 0 Å². The van der Waals surface area contributed by atoms with Crippen LogP contribution in [0.4, 0.5) is 34.1 Å². The Hall–Kier alpha value is -5.86. The van der Waals surface area contributed by atoms with Crippen molar-refractivity contribution in [2.24, 2.45) is 0 Å². The maximum absolute atomic E-state index is 2.41. The van der Waals surface area contributed by atoms with E-state index in [1.165, 1.54) is 27.8 Å². The minimum atomic E-state index is 1.10. The molecule has 0 aromatic heterocycles. The van der Waals surface area contributed by atoms with Gasteiger partial charge < -0.3 is 9.80 Å². The molecule has 0 saturated carbocycles. The van der Waals surface area contributed by atoms with E-state index < -0.39 is 0 Å². The second-order valence-corrected chi connectivity index (χ2v) is 12.1. The molecule has 0 aliphatic rings. The summed E-state index contributed by atoms with van der Waals surface area (Å²) in [4.78, 5) is 4.80. The quantitative estimate of drug-likeness (QED) is 0.170. The Morgan fingerprint density at radius 1 is 0.298 bits per heavy atom. The summed E-state index contributed by atoms with van der Waals surface area (Å²) in [7, 11) is 0. The van der Waals surface area contributed by atoms with Crippen LogP contribution in [0.1, 0.15) is 16.7 Å². The fourth-order valence-corrected chi connectivity index (χ4v) is 6.25. The first-order valence-corrected chi connectivity index (χ1v) is 16.2. The molecule has 0 radical (unpaired) electrons. The molecule has 0 unspecified atom stereocenters. The SMILES string of the molecule is Cc1ccc(N(c2ccccc2)c2cc(C)cc(N(c3ccc(C)cc3)c3ccc(-c4ccccc4)cc3)c2-c2ccccc2)cc1. The van der Waals surface area contributed by atoms with E-state index in [9.17, 15) is 0 Å². The van der Waals surface area contributed by atoms with Crippen LogP contribution in [0.5, 0.6) is 0 Å². The first kappa shape index (κ1) is 29.8. The minimum absolute atomic E-state index is 1.10. The van der Waals surface area contributed by atoms with E-state index >= 15 is 0 Å². The molecule has 0 bridgehead atoms. The van der Waals surface area contributed by atoms with E-state index in [0.717, 1.165) is 45.3 Å². The van der Waals surface area contributed by atoms with Gasteiger partial charge in [0.1, 0.15) is 0 Å². The molecule has 47 heavy (non-hydrogen) atoms. The zero-order valence-electron chi connectivity index (χ0n) is 27.1. The van der Waals surface area contributed by atoms with Gasteiger partial charge in [-0.25, -0.2) is 0 Å². The Bertz CT molecular complexity index is 2070. The van der Waals surface area contributed by atoms with Gasteiger partial charge in [0, 0.05) is 28.3 Å². The molecule has 7 rings (SSSR count). The van der Waals surface area contributed by atoms with Crippen LogP contribution < -0.4 is 9.80 Å². The smallest absolute Gasteiger partial charge is 0.0563 e. The number of aryl methyl sites for hydroxylation is 3. The van der Waals surface area contributed by atoms with Gasteiger partial charge in [0.05, 0.1) is 11.4 Å². The number of para-hydroxylation sites is 1. The number of anilines is 6. The number of nitrogens with zero attached hydrogens (tertiary/aromatic N) is 2. The highest BCUT2D eigenvalue weighted by molar-refractivity contribution is 5.99. The Morgan fingerprint density at radius 3 is 1.09 bits per heavy atom. The molecule has 0 N–H and O–H groups in total. The molecule has 228 valence electrons. The Labute approximate surface area is 278 Å². The van der Waals surface area contributed by atoms with Crippen LogP contribution in [0.25, 0.3) is 22.3 Å². The molecule has 0 atom stereocenters. The Morgan fingerprint density at radius 2 is 0.638 bits per heavy atom. The minimum Gasteiger partial charge on any atom is -0.310 e. The highest BCUT2D eigenvalue weighted by atomic mass is 15.2. The monoisotopic (exact) mass is 606 g/mol. The van der Waals surface area contributed by atoms with Gasteiger partial charge in [0.2, 0.25) is 0 Å². The third-order valence-electron chi connectivity index (χ3n) is 8.62. The van der Waals surface area contributed by atoms with Crippen LogP contribution in [-0.2, 0) is 0 Å². The highest BCUT2D eigenvalue weighted by Gasteiger charge is 2.25. The average Bonchev–Trinajstić information content (AvgIpc) is 3.12. The van der Waals surface area contributed by atoms with Gasteiger partial charge in [-0.3, -0.25) is 0 Å². The fourth-order valence-electron chi connectivity index (χ4n) is 6.25. The molecule has 7 aromatic rings. The lowest BCUT2D eigenvalue weighted by atomic mass is 9.95. The van der Waals surface area contributed by atoms with E-state index in [1.54, 1.807) is 0 Å². The summed E-state index contributed by atoms with van der Waals surface area (Å²) >= 11 is 0. The molecule has 0 heterocycles. The van der Waals surface area contributed by atoms with E-state index in [2.05, 4.69) is 206 Å². The van der Waals surface area contributed by atoms with Gasteiger partial charge in [0.15, 0.2) is 0 Å². The summed E-state index contributed by atoms with van der Waals surface area (Å²) in [5.41, 5.74) is 15.1. The lowest BCUT2D eigenvalue weighted by Gasteiger charge is -2.33. The summed E-state index contributed by atoms with van der Waals surface area (Å²) in [5.74, 6) is 0. The largest absolute Gasteiger partial charge is 0.310 e. The third-order valence-corrected chi connectivity index (χ3v) is 8.62. The molecule has 0 fully saturated rings. The van der Waals surface area contributed by atoms with Crippen molar-refractivity contribution in [1.29, 1.82) is 0 Å².